The Morgan fingerprint density at radius 1 is 1.11 bits per heavy atom. The fourth-order valence-electron chi connectivity index (χ4n) is 2.40. The highest BCUT2D eigenvalue weighted by atomic mass is 16.4. The summed E-state index contributed by atoms with van der Waals surface area (Å²) in [4.78, 5) is 4.25. The molecule has 3 rings (SSSR count). The maximum absolute atomic E-state index is 9.20. The van der Waals surface area contributed by atoms with Gasteiger partial charge in [-0.05, 0) is 30.0 Å². The van der Waals surface area contributed by atoms with Gasteiger partial charge in [-0.15, -0.1) is 0 Å². The van der Waals surface area contributed by atoms with Gasteiger partial charge in [-0.2, -0.15) is 0 Å². The van der Waals surface area contributed by atoms with Gasteiger partial charge in [0.2, 0.25) is 0 Å². The topological polar surface area (TPSA) is 45.5 Å². The molecule has 3 heteroatoms. The average molecular weight is 238 g/mol. The van der Waals surface area contributed by atoms with Gasteiger partial charge in [0.05, 0.1) is 5.69 Å². The highest BCUT2D eigenvalue weighted by Gasteiger charge is 2.43. The number of pyridine rings is 1. The molecule has 0 amide bonds. The van der Waals surface area contributed by atoms with E-state index < -0.39 is 0 Å². The SMILES string of the molecule is O/N=C(/c1ccccn1)[C@H]1C[C@H]1c1ccccc1. The molecule has 1 heterocycles. The van der Waals surface area contributed by atoms with E-state index in [1.807, 2.05) is 36.4 Å². The molecule has 3 nitrogen and oxygen atoms in total. The Balaban J connectivity index is 1.82. The average Bonchev–Trinajstić information content (AvgIpc) is 3.22. The first-order chi connectivity index (χ1) is 8.90. The largest absolute Gasteiger partial charge is 0.411 e. The lowest BCUT2D eigenvalue weighted by atomic mass is 10.1. The fourth-order valence-corrected chi connectivity index (χ4v) is 2.40. The zero-order chi connectivity index (χ0) is 12.4. The summed E-state index contributed by atoms with van der Waals surface area (Å²) in [6.07, 6.45) is 2.75. The number of hydrogen-bond donors (Lipinski definition) is 1. The van der Waals surface area contributed by atoms with Crippen molar-refractivity contribution >= 4 is 5.71 Å². The molecule has 2 atom stereocenters. The molecular weight excluding hydrogens is 224 g/mol. The second-order valence-electron chi connectivity index (χ2n) is 4.56. The summed E-state index contributed by atoms with van der Waals surface area (Å²) in [5.41, 5.74) is 2.77. The summed E-state index contributed by atoms with van der Waals surface area (Å²) in [6, 6.07) is 16.0. The van der Waals surface area contributed by atoms with Gasteiger partial charge in [-0.3, -0.25) is 4.98 Å². The smallest absolute Gasteiger partial charge is 0.109 e. The maximum Gasteiger partial charge on any atom is 0.109 e. The van der Waals surface area contributed by atoms with Gasteiger partial charge in [-0.25, -0.2) is 0 Å². The van der Waals surface area contributed by atoms with E-state index in [-0.39, 0.29) is 5.92 Å². The van der Waals surface area contributed by atoms with E-state index in [2.05, 4.69) is 22.3 Å². The first-order valence-corrected chi connectivity index (χ1v) is 6.08. The van der Waals surface area contributed by atoms with E-state index in [9.17, 15) is 5.21 Å². The van der Waals surface area contributed by atoms with Gasteiger partial charge in [0, 0.05) is 12.1 Å². The van der Waals surface area contributed by atoms with E-state index in [4.69, 9.17) is 0 Å². The number of nitrogens with zero attached hydrogens (tertiary/aromatic N) is 2. The fraction of sp³-hybridized carbons (Fsp3) is 0.200. The molecule has 0 radical (unpaired) electrons. The highest BCUT2D eigenvalue weighted by Crippen LogP contribution is 2.49. The zero-order valence-electron chi connectivity index (χ0n) is 9.90. The van der Waals surface area contributed by atoms with Crippen LogP contribution in [0.3, 0.4) is 0 Å². The van der Waals surface area contributed by atoms with Crippen molar-refractivity contribution in [3.63, 3.8) is 0 Å². The molecule has 1 saturated carbocycles. The lowest BCUT2D eigenvalue weighted by molar-refractivity contribution is 0.317. The van der Waals surface area contributed by atoms with Crippen LogP contribution in [0.25, 0.3) is 0 Å². The second-order valence-corrected chi connectivity index (χ2v) is 4.56. The van der Waals surface area contributed by atoms with Gasteiger partial charge in [-0.1, -0.05) is 41.6 Å². The molecule has 0 spiro atoms. The molecule has 18 heavy (non-hydrogen) atoms. The van der Waals surface area contributed by atoms with Crippen LogP contribution in [0.4, 0.5) is 0 Å². The van der Waals surface area contributed by atoms with E-state index >= 15 is 0 Å². The van der Waals surface area contributed by atoms with Gasteiger partial charge in [0.25, 0.3) is 0 Å². The van der Waals surface area contributed by atoms with Crippen molar-refractivity contribution in [1.82, 2.24) is 4.98 Å². The third-order valence-electron chi connectivity index (χ3n) is 3.40. The molecule has 0 saturated heterocycles. The zero-order valence-corrected chi connectivity index (χ0v) is 9.90. The predicted molar refractivity (Wildman–Crippen MR) is 69.9 cm³/mol. The number of hydrogen-bond acceptors (Lipinski definition) is 3. The Bertz CT molecular complexity index is 551. The molecular formula is C15H14N2O. The molecule has 0 aliphatic heterocycles. The van der Waals surface area contributed by atoms with Gasteiger partial charge in [0.15, 0.2) is 0 Å². The Labute approximate surface area is 106 Å². The van der Waals surface area contributed by atoms with Crippen LogP contribution in [0.15, 0.2) is 59.9 Å². The van der Waals surface area contributed by atoms with Crippen molar-refractivity contribution in [2.75, 3.05) is 0 Å². The van der Waals surface area contributed by atoms with E-state index in [1.54, 1.807) is 6.20 Å². The number of aromatic nitrogens is 1. The molecule has 0 bridgehead atoms. The van der Waals surface area contributed by atoms with Crippen LogP contribution < -0.4 is 0 Å². The molecule has 90 valence electrons. The molecule has 1 fully saturated rings. The Kier molecular flexibility index (Phi) is 2.81. The van der Waals surface area contributed by atoms with Crippen LogP contribution in [-0.2, 0) is 0 Å². The maximum atomic E-state index is 9.20. The monoisotopic (exact) mass is 238 g/mol. The summed E-state index contributed by atoms with van der Waals surface area (Å²) >= 11 is 0. The summed E-state index contributed by atoms with van der Waals surface area (Å²) in [5, 5.41) is 12.7. The lowest BCUT2D eigenvalue weighted by Gasteiger charge is -2.03. The Morgan fingerprint density at radius 3 is 2.56 bits per heavy atom. The van der Waals surface area contributed by atoms with Gasteiger partial charge < -0.3 is 5.21 Å². The summed E-state index contributed by atoms with van der Waals surface area (Å²) < 4.78 is 0. The second kappa shape index (κ2) is 4.61. The first-order valence-electron chi connectivity index (χ1n) is 6.08. The third-order valence-corrected chi connectivity index (χ3v) is 3.40. The van der Waals surface area contributed by atoms with E-state index in [0.29, 0.717) is 11.6 Å². The van der Waals surface area contributed by atoms with Crippen molar-refractivity contribution in [2.45, 2.75) is 12.3 Å². The van der Waals surface area contributed by atoms with Crippen molar-refractivity contribution in [3.8, 4) is 0 Å². The number of benzene rings is 1. The van der Waals surface area contributed by atoms with Crippen LogP contribution in [0.2, 0.25) is 0 Å². The molecule has 1 N–H and O–H groups in total. The predicted octanol–water partition coefficient (Wildman–Crippen LogP) is 3.06. The number of oxime groups is 1. The van der Waals surface area contributed by atoms with Crippen molar-refractivity contribution in [3.05, 3.63) is 66.0 Å². The van der Waals surface area contributed by atoms with Crippen LogP contribution in [0, 0.1) is 5.92 Å². The van der Waals surface area contributed by atoms with Crippen molar-refractivity contribution < 1.29 is 5.21 Å². The lowest BCUT2D eigenvalue weighted by Crippen LogP contribution is -2.07. The van der Waals surface area contributed by atoms with Crippen LogP contribution in [0.5, 0.6) is 0 Å². The molecule has 1 aliphatic rings. The standard InChI is InChI=1S/C15H14N2O/c18-17-15(14-8-4-5-9-16-14)13-10-12(13)11-6-2-1-3-7-11/h1-9,12-13,18H,10H2/b17-15+/t12-,13-/m0/s1. The Morgan fingerprint density at radius 2 is 1.89 bits per heavy atom. The van der Waals surface area contributed by atoms with Crippen molar-refractivity contribution in [2.24, 2.45) is 11.1 Å². The van der Waals surface area contributed by atoms with E-state index in [0.717, 1.165) is 12.1 Å². The summed E-state index contributed by atoms with van der Waals surface area (Å²) in [6.45, 7) is 0. The summed E-state index contributed by atoms with van der Waals surface area (Å²) in [5.74, 6) is 0.742. The van der Waals surface area contributed by atoms with Crippen molar-refractivity contribution in [1.29, 1.82) is 0 Å². The third kappa shape index (κ3) is 1.99. The highest BCUT2D eigenvalue weighted by molar-refractivity contribution is 6.02. The minimum Gasteiger partial charge on any atom is -0.411 e. The first kappa shape index (κ1) is 11.0. The minimum absolute atomic E-state index is 0.285. The molecule has 1 aliphatic carbocycles. The molecule has 2 aromatic rings. The van der Waals surface area contributed by atoms with E-state index in [1.165, 1.54) is 5.56 Å². The minimum atomic E-state index is 0.285. The van der Waals surface area contributed by atoms with Crippen LogP contribution >= 0.6 is 0 Å². The molecule has 1 aromatic heterocycles. The molecule has 1 aromatic carbocycles. The summed E-state index contributed by atoms with van der Waals surface area (Å²) in [7, 11) is 0. The van der Waals surface area contributed by atoms with Gasteiger partial charge >= 0.3 is 0 Å². The number of rotatable bonds is 3. The molecule has 0 unspecified atom stereocenters. The van der Waals surface area contributed by atoms with Gasteiger partial charge in [0.1, 0.15) is 5.71 Å². The quantitative estimate of drug-likeness (QED) is 0.507. The Hall–Kier alpha value is -2.16. The van der Waals surface area contributed by atoms with Crippen LogP contribution in [-0.4, -0.2) is 15.9 Å². The van der Waals surface area contributed by atoms with Crippen LogP contribution in [0.1, 0.15) is 23.6 Å². The normalized spacial score (nSPS) is 22.8.